The highest BCUT2D eigenvalue weighted by Crippen LogP contribution is 2.34. The summed E-state index contributed by atoms with van der Waals surface area (Å²) >= 11 is 0. The van der Waals surface area contributed by atoms with Crippen molar-refractivity contribution in [2.75, 3.05) is 0 Å². The number of benzene rings is 1. The van der Waals surface area contributed by atoms with Crippen LogP contribution in [0, 0.1) is 5.92 Å². The van der Waals surface area contributed by atoms with Crippen molar-refractivity contribution in [1.82, 2.24) is 10.2 Å². The Bertz CT molecular complexity index is 956. The average Bonchev–Trinajstić information content (AvgIpc) is 3.52. The molecule has 3 N–H and O–H groups in total. The van der Waals surface area contributed by atoms with Crippen LogP contribution in [-0.4, -0.2) is 46.7 Å². The number of nitrogens with zero attached hydrogens (tertiary/aromatic N) is 2. The summed E-state index contributed by atoms with van der Waals surface area (Å²) in [6.45, 7) is 0.355. The Morgan fingerprint density at radius 1 is 1.13 bits per heavy atom. The third kappa shape index (κ3) is 4.42. The summed E-state index contributed by atoms with van der Waals surface area (Å²) in [4.78, 5) is 41.1. The van der Waals surface area contributed by atoms with Gasteiger partial charge in [0, 0.05) is 29.6 Å². The van der Waals surface area contributed by atoms with Crippen LogP contribution in [-0.2, 0) is 16.1 Å². The fourth-order valence-electron chi connectivity index (χ4n) is 4.29. The molecule has 0 spiro atoms. The summed E-state index contributed by atoms with van der Waals surface area (Å²) in [6, 6.07) is 4.18. The zero-order chi connectivity index (χ0) is 22.3. The van der Waals surface area contributed by atoms with Gasteiger partial charge in [-0.3, -0.25) is 14.4 Å². The number of aliphatic imine (C=N–C) groups is 1. The zero-order valence-electron chi connectivity index (χ0n) is 16.7. The second-order valence-electron chi connectivity index (χ2n) is 8.35. The maximum Gasteiger partial charge on any atom is 0.473 e. The van der Waals surface area contributed by atoms with Gasteiger partial charge in [0.15, 0.2) is 0 Å². The molecule has 4 rings (SSSR count). The van der Waals surface area contributed by atoms with E-state index in [9.17, 15) is 27.6 Å². The standard InChI is InChI=1S/C21H23F3N4O3/c22-21(23,24)20(31)27-17(25)12-7-8-13-10-28(19(30)14(13)9-12)16-4-2-1-3-15(16)26-18(29)11-5-6-11/h7-9,11,15-16H,1-6,10H2,(H,26,29)(H2,25,27,31). The fourth-order valence-corrected chi connectivity index (χ4v) is 4.29. The molecule has 10 heteroatoms. The number of carbonyl (C=O) groups excluding carboxylic acids is 3. The van der Waals surface area contributed by atoms with E-state index >= 15 is 0 Å². The molecule has 0 saturated heterocycles. The first-order valence-electron chi connectivity index (χ1n) is 10.3. The molecule has 3 aliphatic rings. The van der Waals surface area contributed by atoms with E-state index in [1.54, 1.807) is 11.0 Å². The van der Waals surface area contributed by atoms with Gasteiger partial charge in [0.25, 0.3) is 5.91 Å². The lowest BCUT2D eigenvalue weighted by molar-refractivity contribution is -0.169. The lowest BCUT2D eigenvalue weighted by atomic mass is 9.89. The lowest BCUT2D eigenvalue weighted by Crippen LogP contribution is -2.53. The first-order valence-corrected chi connectivity index (χ1v) is 10.3. The summed E-state index contributed by atoms with van der Waals surface area (Å²) < 4.78 is 37.3. The molecule has 1 aromatic rings. The molecule has 3 amide bonds. The van der Waals surface area contributed by atoms with Crippen LogP contribution < -0.4 is 11.1 Å². The first-order chi connectivity index (χ1) is 14.6. The van der Waals surface area contributed by atoms with E-state index in [4.69, 9.17) is 5.73 Å². The van der Waals surface area contributed by atoms with Crippen LogP contribution in [0.15, 0.2) is 23.2 Å². The lowest BCUT2D eigenvalue weighted by Gasteiger charge is -2.38. The minimum atomic E-state index is -5.12. The van der Waals surface area contributed by atoms with E-state index in [1.807, 2.05) is 0 Å². The van der Waals surface area contributed by atoms with Gasteiger partial charge >= 0.3 is 12.1 Å². The molecular weight excluding hydrogens is 413 g/mol. The molecule has 2 fully saturated rings. The smallest absolute Gasteiger partial charge is 0.383 e. The molecule has 2 atom stereocenters. The van der Waals surface area contributed by atoms with Crippen LogP contribution in [0.3, 0.4) is 0 Å². The molecular formula is C21H23F3N4O3. The van der Waals surface area contributed by atoms with Crippen LogP contribution in [0.1, 0.15) is 60.0 Å². The van der Waals surface area contributed by atoms with E-state index in [0.717, 1.165) is 44.1 Å². The van der Waals surface area contributed by atoms with Gasteiger partial charge < -0.3 is 16.0 Å². The van der Waals surface area contributed by atoms with Crippen molar-refractivity contribution in [3.63, 3.8) is 0 Å². The topological polar surface area (TPSA) is 105 Å². The second kappa shape index (κ2) is 7.97. The van der Waals surface area contributed by atoms with Crippen LogP contribution in [0.5, 0.6) is 0 Å². The number of alkyl halides is 3. The number of nitrogens with one attached hydrogen (secondary N) is 1. The molecule has 31 heavy (non-hydrogen) atoms. The van der Waals surface area contributed by atoms with Crippen LogP contribution in [0.4, 0.5) is 13.2 Å². The molecule has 2 aliphatic carbocycles. The molecule has 7 nitrogen and oxygen atoms in total. The SMILES string of the molecule is NC(=NC(=O)C(F)(F)F)c1ccc2c(c1)C(=O)N(C1CCCCC1NC(=O)C1CC1)C2. The van der Waals surface area contributed by atoms with Crippen LogP contribution in [0.2, 0.25) is 0 Å². The second-order valence-corrected chi connectivity index (χ2v) is 8.35. The highest BCUT2D eigenvalue weighted by molar-refractivity contribution is 6.07. The molecule has 1 heterocycles. The van der Waals surface area contributed by atoms with Gasteiger partial charge in [-0.25, -0.2) is 0 Å². The molecule has 0 radical (unpaired) electrons. The zero-order valence-corrected chi connectivity index (χ0v) is 16.7. The van der Waals surface area contributed by atoms with Crippen LogP contribution >= 0.6 is 0 Å². The third-order valence-corrected chi connectivity index (χ3v) is 6.11. The van der Waals surface area contributed by atoms with Gasteiger partial charge in [-0.15, -0.1) is 0 Å². The molecule has 0 bridgehead atoms. The van der Waals surface area contributed by atoms with Crippen molar-refractivity contribution in [2.24, 2.45) is 16.6 Å². The number of nitrogens with two attached hydrogens (primary N) is 1. The number of halogens is 3. The van der Waals surface area contributed by atoms with Crippen molar-refractivity contribution in [2.45, 2.75) is 63.3 Å². The monoisotopic (exact) mass is 436 g/mol. The normalized spacial score (nSPS) is 24.2. The molecule has 166 valence electrons. The van der Waals surface area contributed by atoms with Gasteiger partial charge in [-0.05, 0) is 37.3 Å². The molecule has 1 aromatic carbocycles. The Morgan fingerprint density at radius 2 is 1.84 bits per heavy atom. The minimum Gasteiger partial charge on any atom is -0.383 e. The minimum absolute atomic E-state index is 0.0432. The van der Waals surface area contributed by atoms with E-state index in [-0.39, 0.29) is 35.4 Å². The third-order valence-electron chi connectivity index (χ3n) is 6.11. The number of carbonyl (C=O) groups is 3. The van der Waals surface area contributed by atoms with E-state index < -0.39 is 17.9 Å². The largest absolute Gasteiger partial charge is 0.473 e. The predicted molar refractivity (Wildman–Crippen MR) is 105 cm³/mol. The Hall–Kier alpha value is -2.91. The molecule has 2 unspecified atom stereocenters. The first kappa shape index (κ1) is 21.3. The maximum atomic E-state index is 13.1. The number of hydrogen-bond acceptors (Lipinski definition) is 3. The van der Waals surface area contributed by atoms with E-state index in [1.165, 1.54) is 12.1 Å². The van der Waals surface area contributed by atoms with Crippen molar-refractivity contribution >= 4 is 23.6 Å². The van der Waals surface area contributed by atoms with Gasteiger partial charge in [0.05, 0.1) is 6.04 Å². The quantitative estimate of drug-likeness (QED) is 0.558. The van der Waals surface area contributed by atoms with Gasteiger partial charge in [0.1, 0.15) is 5.84 Å². The van der Waals surface area contributed by atoms with Crippen molar-refractivity contribution < 1.29 is 27.6 Å². The Balaban J connectivity index is 1.53. The number of amidine groups is 1. The average molecular weight is 436 g/mol. The molecule has 2 saturated carbocycles. The Labute approximate surface area is 176 Å². The summed E-state index contributed by atoms with van der Waals surface area (Å²) in [6.07, 6.45) is 0.185. The highest BCUT2D eigenvalue weighted by atomic mass is 19.4. The highest BCUT2D eigenvalue weighted by Gasteiger charge is 2.41. The maximum absolute atomic E-state index is 13.1. The van der Waals surface area contributed by atoms with Crippen molar-refractivity contribution in [3.05, 3.63) is 34.9 Å². The van der Waals surface area contributed by atoms with Crippen molar-refractivity contribution in [1.29, 1.82) is 0 Å². The number of hydrogen-bond donors (Lipinski definition) is 2. The van der Waals surface area contributed by atoms with Crippen LogP contribution in [0.25, 0.3) is 0 Å². The van der Waals surface area contributed by atoms with Gasteiger partial charge in [-0.2, -0.15) is 18.2 Å². The summed E-state index contributed by atoms with van der Waals surface area (Å²) in [7, 11) is 0. The van der Waals surface area contributed by atoms with E-state index in [2.05, 4.69) is 10.3 Å². The Kier molecular flexibility index (Phi) is 5.49. The summed E-state index contributed by atoms with van der Waals surface area (Å²) in [5.74, 6) is -3.03. The summed E-state index contributed by atoms with van der Waals surface area (Å²) in [5, 5.41) is 3.10. The fraction of sp³-hybridized carbons (Fsp3) is 0.524. The summed E-state index contributed by atoms with van der Waals surface area (Å²) in [5.41, 5.74) is 6.71. The van der Waals surface area contributed by atoms with E-state index in [0.29, 0.717) is 12.1 Å². The van der Waals surface area contributed by atoms with Gasteiger partial charge in [-0.1, -0.05) is 25.0 Å². The molecule has 0 aromatic heterocycles. The van der Waals surface area contributed by atoms with Crippen molar-refractivity contribution in [3.8, 4) is 0 Å². The Morgan fingerprint density at radius 3 is 2.52 bits per heavy atom. The molecule has 1 aliphatic heterocycles. The predicted octanol–water partition coefficient (Wildman–Crippen LogP) is 2.27. The number of fused-ring (bicyclic) bond motifs is 1. The number of rotatable bonds is 4. The van der Waals surface area contributed by atoms with Gasteiger partial charge in [0.2, 0.25) is 5.91 Å². The number of amides is 3.